The molecule has 1 unspecified atom stereocenters. The lowest BCUT2D eigenvalue weighted by Gasteiger charge is -2.25. The third kappa shape index (κ3) is 6.78. The molecule has 0 radical (unpaired) electrons. The number of nitrogens with zero attached hydrogens (tertiary/aromatic N) is 2. The summed E-state index contributed by atoms with van der Waals surface area (Å²) in [5, 5.41) is 3.61. The van der Waals surface area contributed by atoms with Crippen molar-refractivity contribution in [1.82, 2.24) is 14.6 Å². The van der Waals surface area contributed by atoms with E-state index in [1.54, 1.807) is 12.1 Å². The van der Waals surface area contributed by atoms with E-state index in [0.29, 0.717) is 37.2 Å². The highest BCUT2D eigenvalue weighted by Gasteiger charge is 2.26. The highest BCUT2D eigenvalue weighted by molar-refractivity contribution is 7.99. The van der Waals surface area contributed by atoms with Crippen LogP contribution < -0.4 is 5.32 Å². The van der Waals surface area contributed by atoms with Gasteiger partial charge >= 0.3 is 0 Å². The van der Waals surface area contributed by atoms with Gasteiger partial charge in [-0.05, 0) is 42.5 Å². The molecule has 0 saturated carbocycles. The van der Waals surface area contributed by atoms with Gasteiger partial charge in [-0.1, -0.05) is 49.9 Å². The number of thioether (sulfide) groups is 1. The van der Waals surface area contributed by atoms with Gasteiger partial charge in [0.2, 0.25) is 15.9 Å². The number of carbonyl (C=O) groups is 1. The monoisotopic (exact) mass is 477 g/mol. The van der Waals surface area contributed by atoms with E-state index >= 15 is 0 Å². The normalized spacial score (nSPS) is 16.1. The molecule has 0 bridgehead atoms. The van der Waals surface area contributed by atoms with Gasteiger partial charge in [0.1, 0.15) is 4.90 Å². The molecule has 3 rings (SSSR count). The number of hydrogen-bond acceptors (Lipinski definition) is 6. The second-order valence-electron chi connectivity index (χ2n) is 8.27. The summed E-state index contributed by atoms with van der Waals surface area (Å²) in [6, 6.07) is 11.4. The summed E-state index contributed by atoms with van der Waals surface area (Å²) in [6.45, 7) is 7.84. The van der Waals surface area contributed by atoms with Crippen molar-refractivity contribution in [2.24, 2.45) is 5.92 Å². The first-order valence-electron chi connectivity index (χ1n) is 10.8. The largest absolute Gasteiger partial charge is 0.379 e. The Bertz CT molecular complexity index is 987. The Kier molecular flexibility index (Phi) is 8.70. The minimum atomic E-state index is -3.56. The van der Waals surface area contributed by atoms with Crippen LogP contribution in [0.25, 0.3) is 0 Å². The standard InChI is InChI=1S/C23H31N3O4S2/c1-17(2)14-19-4-6-20(7-5-19)18(3)25-22(27)16-31-23-9-8-21(15-24-23)32(28,29)26-10-12-30-13-11-26/h4-9,15,17-18H,10-14,16H2,1-3H3,(H,25,27). The van der Waals surface area contributed by atoms with Crippen molar-refractivity contribution in [3.63, 3.8) is 0 Å². The van der Waals surface area contributed by atoms with Gasteiger partial charge in [-0.2, -0.15) is 4.31 Å². The first kappa shape index (κ1) is 24.7. The molecular weight excluding hydrogens is 446 g/mol. The number of sulfonamides is 1. The SMILES string of the molecule is CC(C)Cc1ccc(C(C)NC(=O)CSc2ccc(S(=O)(=O)N3CCOCC3)cn2)cc1. The molecule has 1 atom stereocenters. The first-order valence-corrected chi connectivity index (χ1v) is 13.2. The molecule has 1 N–H and O–H groups in total. The van der Waals surface area contributed by atoms with E-state index in [0.717, 1.165) is 12.0 Å². The Balaban J connectivity index is 1.50. The maximum absolute atomic E-state index is 12.7. The average Bonchev–Trinajstić information content (AvgIpc) is 2.78. The van der Waals surface area contributed by atoms with Crippen LogP contribution in [0.1, 0.15) is 37.9 Å². The van der Waals surface area contributed by atoms with Crippen molar-refractivity contribution in [2.75, 3.05) is 32.1 Å². The zero-order valence-electron chi connectivity index (χ0n) is 18.8. The van der Waals surface area contributed by atoms with Crippen molar-refractivity contribution >= 4 is 27.7 Å². The summed E-state index contributed by atoms with van der Waals surface area (Å²) in [6.07, 6.45) is 2.39. The van der Waals surface area contributed by atoms with Gasteiger partial charge in [0.05, 0.1) is 30.0 Å². The molecule has 2 heterocycles. The van der Waals surface area contributed by atoms with Gasteiger partial charge in [0.15, 0.2) is 0 Å². The predicted molar refractivity (Wildman–Crippen MR) is 126 cm³/mol. The van der Waals surface area contributed by atoms with Crippen LogP contribution in [-0.4, -0.2) is 55.7 Å². The second-order valence-corrected chi connectivity index (χ2v) is 11.2. The number of benzene rings is 1. The fraction of sp³-hybridized carbons (Fsp3) is 0.478. The van der Waals surface area contributed by atoms with Crippen molar-refractivity contribution in [3.8, 4) is 0 Å². The number of ether oxygens (including phenoxy) is 1. The number of hydrogen-bond donors (Lipinski definition) is 1. The summed E-state index contributed by atoms with van der Waals surface area (Å²) in [4.78, 5) is 16.8. The Morgan fingerprint density at radius 1 is 1.12 bits per heavy atom. The number of pyridine rings is 1. The van der Waals surface area contributed by atoms with Crippen molar-refractivity contribution in [2.45, 2.75) is 43.2 Å². The highest BCUT2D eigenvalue weighted by atomic mass is 32.2. The van der Waals surface area contributed by atoms with Crippen LogP contribution in [0, 0.1) is 5.92 Å². The summed E-state index contributed by atoms with van der Waals surface area (Å²) >= 11 is 1.28. The van der Waals surface area contributed by atoms with E-state index in [2.05, 4.69) is 48.4 Å². The van der Waals surface area contributed by atoms with Crippen LogP contribution in [0.2, 0.25) is 0 Å². The molecular formula is C23H31N3O4S2. The van der Waals surface area contributed by atoms with Gasteiger partial charge in [-0.3, -0.25) is 4.79 Å². The molecule has 1 aromatic carbocycles. The topological polar surface area (TPSA) is 88.6 Å². The molecule has 1 amide bonds. The molecule has 174 valence electrons. The third-order valence-electron chi connectivity index (χ3n) is 5.17. The smallest absolute Gasteiger partial charge is 0.244 e. The molecule has 7 nitrogen and oxygen atoms in total. The van der Waals surface area contributed by atoms with Gasteiger partial charge in [-0.25, -0.2) is 13.4 Å². The van der Waals surface area contributed by atoms with Crippen LogP contribution in [0.3, 0.4) is 0 Å². The summed E-state index contributed by atoms with van der Waals surface area (Å²) in [5.74, 6) is 0.718. The van der Waals surface area contributed by atoms with Crippen molar-refractivity contribution < 1.29 is 17.9 Å². The number of carbonyl (C=O) groups excluding carboxylic acids is 1. The number of rotatable bonds is 9. The van der Waals surface area contributed by atoms with E-state index in [4.69, 9.17) is 4.74 Å². The number of amides is 1. The quantitative estimate of drug-likeness (QED) is 0.558. The fourth-order valence-electron chi connectivity index (χ4n) is 3.46. The number of nitrogens with one attached hydrogen (secondary N) is 1. The highest BCUT2D eigenvalue weighted by Crippen LogP contribution is 2.21. The first-order chi connectivity index (χ1) is 15.3. The lowest BCUT2D eigenvalue weighted by atomic mass is 10.00. The van der Waals surface area contributed by atoms with Crippen molar-refractivity contribution in [3.05, 3.63) is 53.7 Å². The van der Waals surface area contributed by atoms with E-state index in [9.17, 15) is 13.2 Å². The molecule has 32 heavy (non-hydrogen) atoms. The van der Waals surface area contributed by atoms with Gasteiger partial charge in [0.25, 0.3) is 0 Å². The van der Waals surface area contributed by atoms with Crippen LogP contribution >= 0.6 is 11.8 Å². The van der Waals surface area contributed by atoms with Crippen LogP contribution in [0.4, 0.5) is 0 Å². The lowest BCUT2D eigenvalue weighted by Crippen LogP contribution is -2.40. The number of morpholine rings is 1. The van der Waals surface area contributed by atoms with E-state index in [1.807, 2.05) is 6.92 Å². The molecule has 9 heteroatoms. The summed E-state index contributed by atoms with van der Waals surface area (Å²) in [5.41, 5.74) is 2.36. The molecule has 1 aliphatic rings. The third-order valence-corrected chi connectivity index (χ3v) is 8.00. The Labute approximate surface area is 195 Å². The van der Waals surface area contributed by atoms with Gasteiger partial charge in [-0.15, -0.1) is 0 Å². The lowest BCUT2D eigenvalue weighted by molar-refractivity contribution is -0.119. The maximum Gasteiger partial charge on any atom is 0.244 e. The molecule has 1 saturated heterocycles. The Hall–Kier alpha value is -1.94. The predicted octanol–water partition coefficient (Wildman–Crippen LogP) is 3.27. The average molecular weight is 478 g/mol. The minimum Gasteiger partial charge on any atom is -0.379 e. The Morgan fingerprint density at radius 2 is 1.81 bits per heavy atom. The van der Waals surface area contributed by atoms with Crippen LogP contribution in [0.15, 0.2) is 52.5 Å². The summed E-state index contributed by atoms with van der Waals surface area (Å²) in [7, 11) is -3.56. The number of aromatic nitrogens is 1. The Morgan fingerprint density at radius 3 is 2.41 bits per heavy atom. The second kappa shape index (κ2) is 11.3. The molecule has 0 spiro atoms. The zero-order valence-corrected chi connectivity index (χ0v) is 20.4. The van der Waals surface area contributed by atoms with E-state index in [1.165, 1.54) is 27.8 Å². The van der Waals surface area contributed by atoms with Crippen LogP contribution in [0.5, 0.6) is 0 Å². The summed E-state index contributed by atoms with van der Waals surface area (Å²) < 4.78 is 31.9. The minimum absolute atomic E-state index is 0.0924. The molecule has 1 fully saturated rings. The van der Waals surface area contributed by atoms with E-state index in [-0.39, 0.29) is 22.6 Å². The molecule has 1 aliphatic heterocycles. The molecule has 1 aromatic heterocycles. The zero-order chi connectivity index (χ0) is 23.1. The van der Waals surface area contributed by atoms with Gasteiger partial charge in [0, 0.05) is 19.3 Å². The van der Waals surface area contributed by atoms with E-state index < -0.39 is 10.0 Å². The molecule has 0 aliphatic carbocycles. The fourth-order valence-corrected chi connectivity index (χ4v) is 5.47. The van der Waals surface area contributed by atoms with Gasteiger partial charge < -0.3 is 10.1 Å². The maximum atomic E-state index is 12.7. The van der Waals surface area contributed by atoms with Crippen molar-refractivity contribution in [1.29, 1.82) is 0 Å². The molecule has 2 aromatic rings. The van der Waals surface area contributed by atoms with Crippen LogP contribution in [-0.2, 0) is 26.0 Å².